The molecule has 0 unspecified atom stereocenters. The highest BCUT2D eigenvalue weighted by molar-refractivity contribution is 6.27. The monoisotopic (exact) mass is 1070 g/mol. The Hall–Kier alpha value is -11.6. The lowest BCUT2D eigenvalue weighted by molar-refractivity contribution is 0.669. The van der Waals surface area contributed by atoms with Gasteiger partial charge in [0.2, 0.25) is 11.9 Å². The summed E-state index contributed by atoms with van der Waals surface area (Å²) in [5.41, 5.74) is 16.6. The van der Waals surface area contributed by atoms with Crippen LogP contribution in [0.5, 0.6) is 0 Å². The second kappa shape index (κ2) is 17.0. The number of para-hydroxylation sites is 7. The SMILES string of the molecule is c1ccc(-c2nc(-n3c4ccccc4c4ccccc43)nc(-n3c4ccccc4c4c3ccc3c5ccccc5n(-c5ccc6oc7ccc(-n8c9ccccc9c9ccc%10c%11ccccc%11n(-c%11ccccc%11)c%10c98)cc7c6c5)c34)n2)cc1. The van der Waals surface area contributed by atoms with E-state index in [0.29, 0.717) is 17.7 Å². The van der Waals surface area contributed by atoms with Crippen LogP contribution in [-0.2, 0) is 0 Å². The lowest BCUT2D eigenvalue weighted by atomic mass is 10.1. The molecule has 9 nitrogen and oxygen atoms in total. The number of furan rings is 1. The fourth-order valence-corrected chi connectivity index (χ4v) is 14.0. The highest BCUT2D eigenvalue weighted by Gasteiger charge is 2.26. The lowest BCUT2D eigenvalue weighted by Gasteiger charge is -2.13. The largest absolute Gasteiger partial charge is 0.456 e. The zero-order chi connectivity index (χ0) is 54.7. The smallest absolute Gasteiger partial charge is 0.240 e. The van der Waals surface area contributed by atoms with Crippen molar-refractivity contribution in [3.05, 3.63) is 267 Å². The Bertz CT molecular complexity index is 5940. The summed E-state index contributed by atoms with van der Waals surface area (Å²) in [4.78, 5) is 16.2. The van der Waals surface area contributed by atoms with E-state index in [4.69, 9.17) is 19.4 Å². The number of aromatic nitrogens is 8. The summed E-state index contributed by atoms with van der Waals surface area (Å²) in [7, 11) is 0. The molecule has 19 rings (SSSR count). The number of nitrogens with zero attached hydrogens (tertiary/aromatic N) is 8. The van der Waals surface area contributed by atoms with Crippen LogP contribution in [0.15, 0.2) is 271 Å². The molecule has 0 fully saturated rings. The Morgan fingerprint density at radius 1 is 0.238 bits per heavy atom. The van der Waals surface area contributed by atoms with E-state index < -0.39 is 0 Å². The topological polar surface area (TPSA) is 76.5 Å². The minimum atomic E-state index is 0.529. The minimum absolute atomic E-state index is 0.529. The van der Waals surface area contributed by atoms with Crippen molar-refractivity contribution in [2.45, 2.75) is 0 Å². The maximum atomic E-state index is 6.79. The van der Waals surface area contributed by atoms with Crippen LogP contribution in [0, 0.1) is 0 Å². The van der Waals surface area contributed by atoms with Gasteiger partial charge in [0.15, 0.2) is 5.82 Å². The number of hydrogen-bond donors (Lipinski definition) is 0. The molecule has 390 valence electrons. The molecule has 0 aliphatic rings. The third-order valence-corrected chi connectivity index (χ3v) is 17.5. The maximum Gasteiger partial charge on any atom is 0.240 e. The molecule has 84 heavy (non-hydrogen) atoms. The van der Waals surface area contributed by atoms with E-state index >= 15 is 0 Å². The molecule has 9 heteroatoms. The molecule has 0 aliphatic heterocycles. The van der Waals surface area contributed by atoms with Gasteiger partial charge in [-0.3, -0.25) is 9.13 Å². The predicted molar refractivity (Wildman–Crippen MR) is 344 cm³/mol. The predicted octanol–water partition coefficient (Wildman–Crippen LogP) is 18.9. The zero-order valence-corrected chi connectivity index (χ0v) is 44.9. The molecule has 0 aliphatic carbocycles. The molecule has 7 heterocycles. The molecule has 0 atom stereocenters. The Morgan fingerprint density at radius 2 is 0.607 bits per heavy atom. The van der Waals surface area contributed by atoms with Crippen molar-refractivity contribution < 1.29 is 4.42 Å². The van der Waals surface area contributed by atoms with E-state index in [2.05, 4.69) is 272 Å². The molecule has 7 aromatic heterocycles. The second-order valence-electron chi connectivity index (χ2n) is 21.9. The van der Waals surface area contributed by atoms with Crippen molar-refractivity contribution in [2.24, 2.45) is 0 Å². The van der Waals surface area contributed by atoms with E-state index in [0.717, 1.165) is 121 Å². The molecular weight excluding hydrogens is 1030 g/mol. The first kappa shape index (κ1) is 45.2. The molecule has 0 saturated carbocycles. The minimum Gasteiger partial charge on any atom is -0.456 e. The molecule has 0 N–H and O–H groups in total. The Balaban J connectivity index is 0.855. The van der Waals surface area contributed by atoms with Crippen LogP contribution >= 0.6 is 0 Å². The van der Waals surface area contributed by atoms with Crippen LogP contribution in [0.1, 0.15) is 0 Å². The molecular formula is C75H44N8O. The Kier molecular flexibility index (Phi) is 9.15. The zero-order valence-electron chi connectivity index (χ0n) is 44.9. The summed E-state index contributed by atoms with van der Waals surface area (Å²) in [5.74, 6) is 1.66. The standard InChI is InChI=1S/C75H44N8O/c1-3-19-45(20-4-1)73-76-74(82-63-32-16-7-23-49(63)50-24-8-17-33-64(50)82)78-75(77-73)83-65-34-18-12-28-57(65)69-66(83)40-39-54-51-25-9-14-30-61(51)80(70(54)69)47-35-41-67-58(43-47)59-44-48(36-42-68(59)84-67)81-62-31-15-11-27-53(62)56-38-37-55-52-26-10-13-29-60(52)79(71(55)72(56)81)46-21-5-2-6-22-46/h1-44H. The first-order valence-electron chi connectivity index (χ1n) is 28.4. The molecule has 0 saturated heterocycles. The van der Waals surface area contributed by atoms with E-state index in [9.17, 15) is 0 Å². The van der Waals surface area contributed by atoms with E-state index in [-0.39, 0.29) is 0 Å². The van der Waals surface area contributed by atoms with Gasteiger partial charge in [0, 0.05) is 87.3 Å². The average molecular weight is 1070 g/mol. The summed E-state index contributed by atoms with van der Waals surface area (Å²) in [6, 6.07) is 95.5. The van der Waals surface area contributed by atoms with Gasteiger partial charge in [0.1, 0.15) is 11.2 Å². The summed E-state index contributed by atoms with van der Waals surface area (Å²) in [6.45, 7) is 0. The molecule has 0 radical (unpaired) electrons. The third-order valence-electron chi connectivity index (χ3n) is 17.5. The van der Waals surface area contributed by atoms with Crippen molar-refractivity contribution in [3.63, 3.8) is 0 Å². The van der Waals surface area contributed by atoms with Crippen LogP contribution in [0.2, 0.25) is 0 Å². The Labute approximate surface area is 478 Å². The fourth-order valence-electron chi connectivity index (χ4n) is 14.0. The van der Waals surface area contributed by atoms with Crippen LogP contribution < -0.4 is 0 Å². The summed E-state index contributed by atoms with van der Waals surface area (Å²) in [6.07, 6.45) is 0. The molecule has 0 spiro atoms. The van der Waals surface area contributed by atoms with Gasteiger partial charge in [-0.2, -0.15) is 15.0 Å². The molecule has 12 aromatic carbocycles. The second-order valence-corrected chi connectivity index (χ2v) is 21.9. The van der Waals surface area contributed by atoms with Gasteiger partial charge in [0.05, 0.1) is 55.2 Å². The van der Waals surface area contributed by atoms with Crippen molar-refractivity contribution in [2.75, 3.05) is 0 Å². The van der Waals surface area contributed by atoms with Crippen LogP contribution in [-0.4, -0.2) is 37.8 Å². The molecule has 19 aromatic rings. The first-order chi connectivity index (χ1) is 41.7. The van der Waals surface area contributed by atoms with Gasteiger partial charge in [-0.25, -0.2) is 0 Å². The van der Waals surface area contributed by atoms with Crippen LogP contribution in [0.4, 0.5) is 0 Å². The number of hydrogen-bond acceptors (Lipinski definition) is 4. The van der Waals surface area contributed by atoms with Gasteiger partial charge >= 0.3 is 0 Å². The van der Waals surface area contributed by atoms with E-state index in [1.807, 2.05) is 18.2 Å². The van der Waals surface area contributed by atoms with Crippen molar-refractivity contribution in [3.8, 4) is 40.3 Å². The number of rotatable bonds is 6. The number of fused-ring (bicyclic) bond motifs is 20. The van der Waals surface area contributed by atoms with Crippen LogP contribution in [0.3, 0.4) is 0 Å². The normalized spacial score (nSPS) is 12.3. The third kappa shape index (κ3) is 6.18. The van der Waals surface area contributed by atoms with Crippen molar-refractivity contribution in [1.82, 2.24) is 37.8 Å². The first-order valence-corrected chi connectivity index (χ1v) is 28.4. The Morgan fingerprint density at radius 3 is 1.12 bits per heavy atom. The molecule has 0 amide bonds. The van der Waals surface area contributed by atoms with Gasteiger partial charge in [0.25, 0.3) is 0 Å². The molecule has 0 bridgehead atoms. The van der Waals surface area contributed by atoms with Crippen molar-refractivity contribution >= 4 is 131 Å². The quantitative estimate of drug-likeness (QED) is 0.166. The fraction of sp³-hybridized carbons (Fsp3) is 0. The average Bonchev–Trinajstić information content (AvgIpc) is 1.88. The van der Waals surface area contributed by atoms with E-state index in [1.165, 1.54) is 32.6 Å². The highest BCUT2D eigenvalue weighted by atomic mass is 16.3. The highest BCUT2D eigenvalue weighted by Crippen LogP contribution is 2.46. The number of benzene rings is 12. The summed E-state index contributed by atoms with van der Waals surface area (Å²) < 4.78 is 18.6. The maximum absolute atomic E-state index is 6.79. The van der Waals surface area contributed by atoms with Crippen LogP contribution in [0.25, 0.3) is 171 Å². The van der Waals surface area contributed by atoms with E-state index in [1.54, 1.807) is 0 Å². The summed E-state index contributed by atoms with van der Waals surface area (Å²) >= 11 is 0. The summed E-state index contributed by atoms with van der Waals surface area (Å²) in [5, 5.41) is 13.7. The van der Waals surface area contributed by atoms with Gasteiger partial charge in [-0.15, -0.1) is 0 Å². The lowest BCUT2D eigenvalue weighted by Crippen LogP contribution is -2.10. The van der Waals surface area contributed by atoms with Gasteiger partial charge in [-0.05, 0) is 91.0 Å². The van der Waals surface area contributed by atoms with Gasteiger partial charge < -0.3 is 18.1 Å². The van der Waals surface area contributed by atoms with Crippen molar-refractivity contribution in [1.29, 1.82) is 0 Å². The van der Waals surface area contributed by atoms with Gasteiger partial charge in [-0.1, -0.05) is 176 Å².